The van der Waals surface area contributed by atoms with Gasteiger partial charge in [-0.1, -0.05) is 25.4 Å². The zero-order valence-corrected chi connectivity index (χ0v) is 13.4. The van der Waals surface area contributed by atoms with Crippen LogP contribution in [0.15, 0.2) is 22.7 Å². The lowest BCUT2D eigenvalue weighted by atomic mass is 10.2. The molecule has 4 heteroatoms. The zero-order valence-electron chi connectivity index (χ0n) is 11.0. The summed E-state index contributed by atoms with van der Waals surface area (Å²) in [7, 11) is 0. The summed E-state index contributed by atoms with van der Waals surface area (Å²) in [5.74, 6) is 1.57. The Kier molecular flexibility index (Phi) is 7.71. The van der Waals surface area contributed by atoms with Crippen LogP contribution in [0.4, 0.5) is 0 Å². The molecule has 0 fully saturated rings. The van der Waals surface area contributed by atoms with Gasteiger partial charge in [0.15, 0.2) is 0 Å². The van der Waals surface area contributed by atoms with Crippen LogP contribution < -0.4 is 10.1 Å². The monoisotopic (exact) mass is 333 g/mol. The van der Waals surface area contributed by atoms with E-state index in [2.05, 4.69) is 35.1 Å². The van der Waals surface area contributed by atoms with E-state index in [-0.39, 0.29) is 0 Å². The van der Waals surface area contributed by atoms with Gasteiger partial charge in [-0.05, 0) is 66.0 Å². The van der Waals surface area contributed by atoms with Gasteiger partial charge in [0.1, 0.15) is 5.75 Å². The molecule has 1 rings (SSSR count). The molecule has 0 aliphatic carbocycles. The molecular formula is C14H21BrClNO. The van der Waals surface area contributed by atoms with E-state index >= 15 is 0 Å². The first-order valence-corrected chi connectivity index (χ1v) is 7.55. The van der Waals surface area contributed by atoms with Gasteiger partial charge in [0, 0.05) is 5.02 Å². The molecule has 1 aromatic rings. The van der Waals surface area contributed by atoms with E-state index in [0.29, 0.717) is 10.9 Å². The first-order chi connectivity index (χ1) is 8.59. The lowest BCUT2D eigenvalue weighted by molar-refractivity contribution is 0.303. The van der Waals surface area contributed by atoms with E-state index in [4.69, 9.17) is 16.3 Å². The number of rotatable bonds is 8. The van der Waals surface area contributed by atoms with Crippen LogP contribution in [0.1, 0.15) is 26.7 Å². The van der Waals surface area contributed by atoms with Crippen LogP contribution in [-0.4, -0.2) is 19.7 Å². The Bertz CT molecular complexity index is 358. The van der Waals surface area contributed by atoms with Gasteiger partial charge in [0.05, 0.1) is 11.1 Å². The highest BCUT2D eigenvalue weighted by Crippen LogP contribution is 2.27. The summed E-state index contributed by atoms with van der Waals surface area (Å²) in [6.45, 7) is 7.32. The van der Waals surface area contributed by atoms with Crippen molar-refractivity contribution in [1.82, 2.24) is 5.32 Å². The molecule has 0 saturated heterocycles. The molecule has 18 heavy (non-hydrogen) atoms. The maximum Gasteiger partial charge on any atom is 0.133 e. The Labute approximate surface area is 123 Å². The van der Waals surface area contributed by atoms with E-state index in [9.17, 15) is 0 Å². The van der Waals surface area contributed by atoms with Crippen molar-refractivity contribution < 1.29 is 4.74 Å². The molecule has 0 atom stereocenters. The second-order valence-electron chi connectivity index (χ2n) is 4.73. The van der Waals surface area contributed by atoms with E-state index < -0.39 is 0 Å². The summed E-state index contributed by atoms with van der Waals surface area (Å²) in [5, 5.41) is 4.13. The molecule has 0 amide bonds. The summed E-state index contributed by atoms with van der Waals surface area (Å²) in [6.07, 6.45) is 2.19. The van der Waals surface area contributed by atoms with Crippen molar-refractivity contribution in [2.45, 2.75) is 26.7 Å². The third kappa shape index (κ3) is 6.62. The van der Waals surface area contributed by atoms with Crippen molar-refractivity contribution in [1.29, 1.82) is 0 Å². The first-order valence-electron chi connectivity index (χ1n) is 6.38. The fourth-order valence-corrected chi connectivity index (χ4v) is 2.31. The Morgan fingerprint density at radius 1 is 1.33 bits per heavy atom. The quantitative estimate of drug-likeness (QED) is 0.706. The summed E-state index contributed by atoms with van der Waals surface area (Å²) >= 11 is 9.30. The molecule has 102 valence electrons. The Hall–Kier alpha value is -0.250. The fourth-order valence-electron chi connectivity index (χ4n) is 1.52. The largest absolute Gasteiger partial charge is 0.492 e. The minimum atomic E-state index is 0.714. The third-order valence-electron chi connectivity index (χ3n) is 2.45. The van der Waals surface area contributed by atoms with Crippen LogP contribution >= 0.6 is 27.5 Å². The number of hydrogen-bond acceptors (Lipinski definition) is 2. The SMILES string of the molecule is CC(C)CNCCCCOc1ccc(Cl)cc1Br. The average molecular weight is 335 g/mol. The second kappa shape index (κ2) is 8.78. The molecule has 0 heterocycles. The molecule has 0 aromatic heterocycles. The van der Waals surface area contributed by atoms with Gasteiger partial charge in [0.25, 0.3) is 0 Å². The van der Waals surface area contributed by atoms with Crippen molar-refractivity contribution in [2.24, 2.45) is 5.92 Å². The smallest absolute Gasteiger partial charge is 0.133 e. The second-order valence-corrected chi connectivity index (χ2v) is 6.02. The van der Waals surface area contributed by atoms with Crippen LogP contribution in [0.3, 0.4) is 0 Å². The Morgan fingerprint density at radius 2 is 2.11 bits per heavy atom. The number of hydrogen-bond donors (Lipinski definition) is 1. The van der Waals surface area contributed by atoms with Gasteiger partial charge in [-0.15, -0.1) is 0 Å². The normalized spacial score (nSPS) is 10.9. The molecule has 0 radical (unpaired) electrons. The van der Waals surface area contributed by atoms with E-state index in [1.165, 1.54) is 0 Å². The standard InChI is InChI=1S/C14H21BrClNO/c1-11(2)10-17-7-3-4-8-18-14-6-5-12(16)9-13(14)15/h5-6,9,11,17H,3-4,7-8,10H2,1-2H3. The molecule has 0 unspecified atom stereocenters. The van der Waals surface area contributed by atoms with Gasteiger partial charge in [-0.2, -0.15) is 0 Å². The predicted octanol–water partition coefficient (Wildman–Crippen LogP) is 4.51. The third-order valence-corrected chi connectivity index (χ3v) is 3.31. The molecule has 2 nitrogen and oxygen atoms in total. The Balaban J connectivity index is 2.11. The van der Waals surface area contributed by atoms with Gasteiger partial charge in [-0.25, -0.2) is 0 Å². The topological polar surface area (TPSA) is 21.3 Å². The minimum Gasteiger partial charge on any atom is -0.492 e. The van der Waals surface area contributed by atoms with E-state index in [1.807, 2.05) is 18.2 Å². The molecule has 0 bridgehead atoms. The number of halogens is 2. The number of ether oxygens (including phenoxy) is 1. The number of unbranched alkanes of at least 4 members (excludes halogenated alkanes) is 1. The number of nitrogens with one attached hydrogen (secondary N) is 1. The highest BCUT2D eigenvalue weighted by Gasteiger charge is 2.01. The summed E-state index contributed by atoms with van der Waals surface area (Å²) in [6, 6.07) is 5.58. The van der Waals surface area contributed by atoms with Crippen LogP contribution in [0.5, 0.6) is 5.75 Å². The first kappa shape index (κ1) is 15.8. The zero-order chi connectivity index (χ0) is 13.4. The van der Waals surface area contributed by atoms with E-state index in [0.717, 1.165) is 42.8 Å². The highest BCUT2D eigenvalue weighted by molar-refractivity contribution is 9.10. The van der Waals surface area contributed by atoms with Gasteiger partial charge in [0.2, 0.25) is 0 Å². The van der Waals surface area contributed by atoms with Gasteiger partial charge in [-0.3, -0.25) is 0 Å². The van der Waals surface area contributed by atoms with Crippen molar-refractivity contribution in [3.05, 3.63) is 27.7 Å². The molecule has 0 saturated carbocycles. The molecule has 0 spiro atoms. The van der Waals surface area contributed by atoms with Crippen LogP contribution in [-0.2, 0) is 0 Å². The summed E-state index contributed by atoms with van der Waals surface area (Å²) in [4.78, 5) is 0. The van der Waals surface area contributed by atoms with Crippen molar-refractivity contribution in [3.8, 4) is 5.75 Å². The van der Waals surface area contributed by atoms with Crippen molar-refractivity contribution in [3.63, 3.8) is 0 Å². The lowest BCUT2D eigenvalue weighted by Crippen LogP contribution is -2.21. The number of benzene rings is 1. The predicted molar refractivity (Wildman–Crippen MR) is 81.6 cm³/mol. The minimum absolute atomic E-state index is 0.714. The Morgan fingerprint density at radius 3 is 2.78 bits per heavy atom. The maximum atomic E-state index is 5.87. The highest BCUT2D eigenvalue weighted by atomic mass is 79.9. The molecule has 0 aliphatic heterocycles. The fraction of sp³-hybridized carbons (Fsp3) is 0.571. The average Bonchev–Trinajstić information content (AvgIpc) is 2.30. The van der Waals surface area contributed by atoms with Gasteiger partial charge < -0.3 is 10.1 Å². The van der Waals surface area contributed by atoms with Crippen molar-refractivity contribution in [2.75, 3.05) is 19.7 Å². The summed E-state index contributed by atoms with van der Waals surface area (Å²) < 4.78 is 6.60. The molecule has 1 aromatic carbocycles. The van der Waals surface area contributed by atoms with Crippen LogP contribution in [0.2, 0.25) is 5.02 Å². The van der Waals surface area contributed by atoms with Gasteiger partial charge >= 0.3 is 0 Å². The van der Waals surface area contributed by atoms with Crippen LogP contribution in [0.25, 0.3) is 0 Å². The van der Waals surface area contributed by atoms with Crippen LogP contribution in [0, 0.1) is 5.92 Å². The maximum absolute atomic E-state index is 5.87. The molecular weight excluding hydrogens is 314 g/mol. The van der Waals surface area contributed by atoms with Crippen molar-refractivity contribution >= 4 is 27.5 Å². The molecule has 1 N–H and O–H groups in total. The van der Waals surface area contributed by atoms with E-state index in [1.54, 1.807) is 0 Å². The molecule has 0 aliphatic rings. The summed E-state index contributed by atoms with van der Waals surface area (Å²) in [5.41, 5.74) is 0. The lowest BCUT2D eigenvalue weighted by Gasteiger charge is -2.09.